The molecule has 0 bridgehead atoms. The zero-order valence-corrected chi connectivity index (χ0v) is 13.6. The van der Waals surface area contributed by atoms with E-state index in [4.69, 9.17) is 5.73 Å². The van der Waals surface area contributed by atoms with Gasteiger partial charge in [-0.3, -0.25) is 4.79 Å². The summed E-state index contributed by atoms with van der Waals surface area (Å²) in [5.74, 6) is -0.0373. The first-order chi connectivity index (χ1) is 9.74. The van der Waals surface area contributed by atoms with Crippen molar-refractivity contribution < 1.29 is 4.79 Å². The molecular formula is C15H20Cl2N4O. The lowest BCUT2D eigenvalue weighted by Crippen LogP contribution is -2.34. The molecule has 3 rings (SSSR count). The standard InChI is InChI=1S/C15H18N4O.2ClH/c16-14-6-2-5-13(14)15(20)18-11-3-1-4-12(9-11)19-8-7-17-10-19;;/h1,3-4,7-10,13-14H,2,5-6,16H2,(H,18,20);2*1H. The van der Waals surface area contributed by atoms with Crippen molar-refractivity contribution in [2.75, 3.05) is 5.32 Å². The fraction of sp³-hybridized carbons (Fsp3) is 0.333. The molecule has 0 radical (unpaired) electrons. The van der Waals surface area contributed by atoms with Crippen LogP contribution in [-0.2, 0) is 4.79 Å². The molecule has 1 amide bonds. The third kappa shape index (κ3) is 4.00. The Morgan fingerprint density at radius 3 is 2.77 bits per heavy atom. The van der Waals surface area contributed by atoms with E-state index in [1.165, 1.54) is 0 Å². The number of hydrogen-bond acceptors (Lipinski definition) is 3. The van der Waals surface area contributed by atoms with Crippen LogP contribution in [0.25, 0.3) is 5.69 Å². The van der Waals surface area contributed by atoms with Gasteiger partial charge >= 0.3 is 0 Å². The molecule has 1 fully saturated rings. The molecule has 0 aliphatic heterocycles. The quantitative estimate of drug-likeness (QED) is 0.900. The number of aromatic nitrogens is 2. The van der Waals surface area contributed by atoms with Crippen LogP contribution in [0.1, 0.15) is 19.3 Å². The largest absolute Gasteiger partial charge is 0.327 e. The molecule has 22 heavy (non-hydrogen) atoms. The van der Waals surface area contributed by atoms with Gasteiger partial charge in [-0.1, -0.05) is 12.5 Å². The zero-order valence-electron chi connectivity index (χ0n) is 12.0. The minimum Gasteiger partial charge on any atom is -0.327 e. The van der Waals surface area contributed by atoms with Crippen LogP contribution in [0, 0.1) is 5.92 Å². The normalized spacial score (nSPS) is 19.9. The number of hydrogen-bond donors (Lipinski definition) is 2. The number of rotatable bonds is 3. The number of halogens is 2. The summed E-state index contributed by atoms with van der Waals surface area (Å²) >= 11 is 0. The highest BCUT2D eigenvalue weighted by atomic mass is 35.5. The second-order valence-electron chi connectivity index (χ2n) is 5.21. The number of anilines is 1. The molecule has 0 spiro atoms. The van der Waals surface area contributed by atoms with Gasteiger partial charge in [-0.15, -0.1) is 24.8 Å². The Labute approximate surface area is 142 Å². The van der Waals surface area contributed by atoms with E-state index in [1.807, 2.05) is 35.0 Å². The SMILES string of the molecule is Cl.Cl.NC1CCCC1C(=O)Nc1cccc(-n2ccnc2)c1. The Hall–Kier alpha value is -1.56. The first kappa shape index (κ1) is 18.5. The molecule has 3 N–H and O–H groups in total. The van der Waals surface area contributed by atoms with Gasteiger partial charge in [-0.2, -0.15) is 0 Å². The summed E-state index contributed by atoms with van der Waals surface area (Å²) in [6, 6.07) is 7.70. The van der Waals surface area contributed by atoms with Crippen molar-refractivity contribution >= 4 is 36.4 Å². The summed E-state index contributed by atoms with van der Waals surface area (Å²) in [5.41, 5.74) is 7.73. The number of nitrogens with two attached hydrogens (primary N) is 1. The maximum atomic E-state index is 12.2. The number of carbonyl (C=O) groups excluding carboxylic acids is 1. The van der Waals surface area contributed by atoms with E-state index in [2.05, 4.69) is 10.3 Å². The first-order valence-corrected chi connectivity index (χ1v) is 6.89. The molecule has 1 aromatic carbocycles. The fourth-order valence-corrected chi connectivity index (χ4v) is 2.71. The van der Waals surface area contributed by atoms with E-state index in [-0.39, 0.29) is 42.7 Å². The Morgan fingerprint density at radius 1 is 1.32 bits per heavy atom. The van der Waals surface area contributed by atoms with Crippen LogP contribution < -0.4 is 11.1 Å². The number of nitrogens with one attached hydrogen (secondary N) is 1. The van der Waals surface area contributed by atoms with Crippen molar-refractivity contribution in [3.63, 3.8) is 0 Å². The summed E-state index contributed by atoms with van der Waals surface area (Å²) < 4.78 is 1.90. The molecular weight excluding hydrogens is 323 g/mol. The van der Waals surface area contributed by atoms with Crippen molar-refractivity contribution in [3.8, 4) is 5.69 Å². The highest BCUT2D eigenvalue weighted by Gasteiger charge is 2.30. The Balaban J connectivity index is 0.00000121. The summed E-state index contributed by atoms with van der Waals surface area (Å²) in [6.07, 6.45) is 8.18. The maximum absolute atomic E-state index is 12.2. The average molecular weight is 343 g/mol. The second kappa shape index (κ2) is 8.17. The number of amides is 1. The lowest BCUT2D eigenvalue weighted by atomic mass is 10.0. The number of benzene rings is 1. The molecule has 120 valence electrons. The lowest BCUT2D eigenvalue weighted by molar-refractivity contribution is -0.120. The van der Waals surface area contributed by atoms with Crippen LogP contribution in [0.3, 0.4) is 0 Å². The second-order valence-corrected chi connectivity index (χ2v) is 5.21. The Morgan fingerprint density at radius 2 is 2.14 bits per heavy atom. The monoisotopic (exact) mass is 342 g/mol. The molecule has 7 heteroatoms. The van der Waals surface area contributed by atoms with Crippen LogP contribution in [0.4, 0.5) is 5.69 Å². The highest BCUT2D eigenvalue weighted by Crippen LogP contribution is 2.25. The molecule has 1 aliphatic carbocycles. The molecule has 0 saturated heterocycles. The van der Waals surface area contributed by atoms with Gasteiger partial charge in [-0.05, 0) is 31.0 Å². The molecule has 5 nitrogen and oxygen atoms in total. The van der Waals surface area contributed by atoms with Crippen molar-refractivity contribution in [2.45, 2.75) is 25.3 Å². The van der Waals surface area contributed by atoms with E-state index >= 15 is 0 Å². The van der Waals surface area contributed by atoms with Crippen molar-refractivity contribution in [3.05, 3.63) is 43.0 Å². The van der Waals surface area contributed by atoms with Crippen LogP contribution in [-0.4, -0.2) is 21.5 Å². The van der Waals surface area contributed by atoms with E-state index in [0.29, 0.717) is 0 Å². The summed E-state index contributed by atoms with van der Waals surface area (Å²) in [7, 11) is 0. The molecule has 2 unspecified atom stereocenters. The molecule has 2 atom stereocenters. The maximum Gasteiger partial charge on any atom is 0.229 e. The third-order valence-corrected chi connectivity index (χ3v) is 3.82. The zero-order chi connectivity index (χ0) is 13.9. The smallest absolute Gasteiger partial charge is 0.229 e. The summed E-state index contributed by atoms with van der Waals surface area (Å²) in [4.78, 5) is 16.2. The molecule has 1 saturated carbocycles. The highest BCUT2D eigenvalue weighted by molar-refractivity contribution is 5.93. The molecule has 1 heterocycles. The Bertz CT molecular complexity index is 603. The van der Waals surface area contributed by atoms with Gasteiger partial charge in [0.1, 0.15) is 0 Å². The summed E-state index contributed by atoms with van der Waals surface area (Å²) in [6.45, 7) is 0. The molecule has 1 aliphatic rings. The molecule has 1 aromatic heterocycles. The minimum atomic E-state index is -0.0631. The first-order valence-electron chi connectivity index (χ1n) is 6.89. The van der Waals surface area contributed by atoms with Crippen molar-refractivity contribution in [1.29, 1.82) is 0 Å². The molecule has 2 aromatic rings. The van der Waals surface area contributed by atoms with Crippen molar-refractivity contribution in [2.24, 2.45) is 11.7 Å². The predicted molar refractivity (Wildman–Crippen MR) is 92.0 cm³/mol. The van der Waals surface area contributed by atoms with Gasteiger partial charge in [0.2, 0.25) is 5.91 Å². The van der Waals surface area contributed by atoms with Crippen molar-refractivity contribution in [1.82, 2.24) is 9.55 Å². The number of carbonyl (C=O) groups is 1. The van der Waals surface area contributed by atoms with Crippen LogP contribution in [0.5, 0.6) is 0 Å². The average Bonchev–Trinajstić information content (AvgIpc) is 3.09. The van der Waals surface area contributed by atoms with Crippen LogP contribution in [0.15, 0.2) is 43.0 Å². The predicted octanol–water partition coefficient (Wildman–Crippen LogP) is 2.78. The Kier molecular flexibility index (Phi) is 6.87. The number of nitrogens with zero attached hydrogens (tertiary/aromatic N) is 2. The fourth-order valence-electron chi connectivity index (χ4n) is 2.71. The van der Waals surface area contributed by atoms with E-state index < -0.39 is 0 Å². The third-order valence-electron chi connectivity index (χ3n) is 3.82. The number of imidazole rings is 1. The van der Waals surface area contributed by atoms with Gasteiger partial charge in [-0.25, -0.2) is 4.98 Å². The van der Waals surface area contributed by atoms with Gasteiger partial charge in [0, 0.05) is 29.8 Å². The van der Waals surface area contributed by atoms with Gasteiger partial charge in [0.05, 0.1) is 12.2 Å². The van der Waals surface area contributed by atoms with E-state index in [1.54, 1.807) is 12.5 Å². The van der Waals surface area contributed by atoms with E-state index in [0.717, 1.165) is 30.6 Å². The van der Waals surface area contributed by atoms with Gasteiger partial charge in [0.15, 0.2) is 0 Å². The van der Waals surface area contributed by atoms with E-state index in [9.17, 15) is 4.79 Å². The summed E-state index contributed by atoms with van der Waals surface area (Å²) in [5, 5.41) is 2.96. The lowest BCUT2D eigenvalue weighted by Gasteiger charge is -2.15. The van der Waals surface area contributed by atoms with Crippen LogP contribution >= 0.6 is 24.8 Å². The van der Waals surface area contributed by atoms with Gasteiger partial charge in [0.25, 0.3) is 0 Å². The van der Waals surface area contributed by atoms with Crippen LogP contribution in [0.2, 0.25) is 0 Å². The topological polar surface area (TPSA) is 72.9 Å². The van der Waals surface area contributed by atoms with Gasteiger partial charge < -0.3 is 15.6 Å². The minimum absolute atomic E-state index is 0.